The predicted octanol–water partition coefficient (Wildman–Crippen LogP) is 3.53. The van der Waals surface area contributed by atoms with Crippen LogP contribution in [0.15, 0.2) is 18.2 Å². The van der Waals surface area contributed by atoms with E-state index in [-0.39, 0.29) is 18.1 Å². The van der Waals surface area contributed by atoms with Crippen LogP contribution in [-0.4, -0.2) is 49.1 Å². The summed E-state index contributed by atoms with van der Waals surface area (Å²) in [6.45, 7) is 2.60. The van der Waals surface area contributed by atoms with Gasteiger partial charge in [-0.3, -0.25) is 0 Å². The third-order valence-electron chi connectivity index (χ3n) is 5.83. The van der Waals surface area contributed by atoms with Gasteiger partial charge in [0.1, 0.15) is 11.5 Å². The number of likely N-dealkylation sites (tertiary alicyclic amines) is 1. The highest BCUT2D eigenvalue weighted by molar-refractivity contribution is 5.69. The minimum Gasteiger partial charge on any atom is -0.497 e. The molecule has 0 spiro atoms. The van der Waals surface area contributed by atoms with Crippen LogP contribution in [0.3, 0.4) is 0 Å². The van der Waals surface area contributed by atoms with Crippen LogP contribution in [0.2, 0.25) is 0 Å². The van der Waals surface area contributed by atoms with Gasteiger partial charge in [0.05, 0.1) is 32.5 Å². The van der Waals surface area contributed by atoms with E-state index in [9.17, 15) is 9.90 Å². The first-order valence-electron chi connectivity index (χ1n) is 9.41. The minimum absolute atomic E-state index is 0.0459. The molecular weight excluding hydrogens is 334 g/mol. The molecule has 6 nitrogen and oxygen atoms in total. The van der Waals surface area contributed by atoms with Crippen LogP contribution in [-0.2, 0) is 4.74 Å². The number of hydrogen-bond donors (Lipinski definition) is 1. The predicted molar refractivity (Wildman–Crippen MR) is 97.5 cm³/mol. The molecule has 2 aliphatic rings. The molecule has 1 saturated carbocycles. The van der Waals surface area contributed by atoms with Crippen molar-refractivity contribution in [3.8, 4) is 11.5 Å². The number of hydrogen-bond acceptors (Lipinski definition) is 5. The number of benzene rings is 1. The molecule has 1 N–H and O–H groups in total. The zero-order valence-corrected chi connectivity index (χ0v) is 15.9. The highest BCUT2D eigenvalue weighted by Crippen LogP contribution is 2.51. The first kappa shape index (κ1) is 18.8. The van der Waals surface area contributed by atoms with Gasteiger partial charge in [0.25, 0.3) is 0 Å². The Kier molecular flexibility index (Phi) is 5.61. The van der Waals surface area contributed by atoms with Crippen molar-refractivity contribution in [2.24, 2.45) is 5.92 Å². The van der Waals surface area contributed by atoms with Crippen molar-refractivity contribution in [2.75, 3.05) is 27.4 Å². The summed E-state index contributed by atoms with van der Waals surface area (Å²) >= 11 is 0. The van der Waals surface area contributed by atoms with E-state index in [1.54, 1.807) is 26.0 Å². The molecule has 1 aromatic rings. The SMILES string of the molecule is CCOC(=O)N1CCC2(O)CCCCC2C1c1cc(OC)ccc1OC. The van der Waals surface area contributed by atoms with E-state index in [1.165, 1.54) is 0 Å². The Labute approximate surface area is 155 Å². The normalized spacial score (nSPS) is 28.2. The summed E-state index contributed by atoms with van der Waals surface area (Å²) in [6.07, 6.45) is 3.96. The molecule has 1 heterocycles. The van der Waals surface area contributed by atoms with Gasteiger partial charge in [-0.15, -0.1) is 0 Å². The summed E-state index contributed by atoms with van der Waals surface area (Å²) in [6, 6.07) is 5.31. The molecule has 144 valence electrons. The molecule has 3 unspecified atom stereocenters. The Morgan fingerprint density at radius 2 is 2.08 bits per heavy atom. The molecule has 6 heteroatoms. The van der Waals surface area contributed by atoms with Crippen LogP contribution >= 0.6 is 0 Å². The van der Waals surface area contributed by atoms with Gasteiger partial charge in [-0.25, -0.2) is 4.79 Å². The monoisotopic (exact) mass is 363 g/mol. The number of rotatable bonds is 4. The number of methoxy groups -OCH3 is 2. The van der Waals surface area contributed by atoms with Crippen molar-refractivity contribution in [2.45, 2.75) is 50.7 Å². The summed E-state index contributed by atoms with van der Waals surface area (Å²) < 4.78 is 16.3. The lowest BCUT2D eigenvalue weighted by Gasteiger charge is -2.52. The van der Waals surface area contributed by atoms with Gasteiger partial charge in [0, 0.05) is 18.0 Å². The Balaban J connectivity index is 2.08. The number of carbonyl (C=O) groups is 1. The molecule has 1 saturated heterocycles. The van der Waals surface area contributed by atoms with Crippen LogP contribution in [0.4, 0.5) is 4.79 Å². The summed E-state index contributed by atoms with van der Waals surface area (Å²) in [5.41, 5.74) is 0.116. The molecule has 0 bridgehead atoms. The highest BCUT2D eigenvalue weighted by Gasteiger charge is 2.51. The topological polar surface area (TPSA) is 68.2 Å². The zero-order valence-electron chi connectivity index (χ0n) is 15.9. The van der Waals surface area contributed by atoms with E-state index in [1.807, 2.05) is 18.2 Å². The zero-order chi connectivity index (χ0) is 18.7. The lowest BCUT2D eigenvalue weighted by Crippen LogP contribution is -2.56. The Morgan fingerprint density at radius 3 is 2.77 bits per heavy atom. The molecule has 1 aliphatic carbocycles. The second-order valence-electron chi connectivity index (χ2n) is 7.15. The lowest BCUT2D eigenvalue weighted by molar-refractivity contribution is -0.118. The molecule has 1 aromatic carbocycles. The van der Waals surface area contributed by atoms with Crippen molar-refractivity contribution in [3.63, 3.8) is 0 Å². The largest absolute Gasteiger partial charge is 0.497 e. The second kappa shape index (κ2) is 7.74. The first-order chi connectivity index (χ1) is 12.5. The Hall–Kier alpha value is -1.95. The lowest BCUT2D eigenvalue weighted by atomic mass is 9.66. The van der Waals surface area contributed by atoms with E-state index in [2.05, 4.69) is 0 Å². The standard InChI is InChI=1S/C20H29NO5/c1-4-26-19(22)21-12-11-20(23)10-6-5-7-16(20)18(21)15-13-14(24-2)8-9-17(15)25-3/h8-9,13,16,18,23H,4-7,10-12H2,1-3H3. The fourth-order valence-electron chi connectivity index (χ4n) is 4.55. The number of amides is 1. The first-order valence-corrected chi connectivity index (χ1v) is 9.41. The van der Waals surface area contributed by atoms with Crippen molar-refractivity contribution in [1.29, 1.82) is 0 Å². The maximum absolute atomic E-state index is 12.7. The average Bonchev–Trinajstić information content (AvgIpc) is 2.66. The van der Waals surface area contributed by atoms with Crippen LogP contribution in [0, 0.1) is 5.92 Å². The van der Waals surface area contributed by atoms with E-state index in [0.717, 1.165) is 31.2 Å². The van der Waals surface area contributed by atoms with Crippen molar-refractivity contribution < 1.29 is 24.1 Å². The molecule has 2 fully saturated rings. The smallest absolute Gasteiger partial charge is 0.410 e. The molecule has 3 rings (SSSR count). The fraction of sp³-hybridized carbons (Fsp3) is 0.650. The number of carbonyl (C=O) groups excluding carboxylic acids is 1. The highest BCUT2D eigenvalue weighted by atomic mass is 16.6. The molecule has 1 aliphatic heterocycles. The number of ether oxygens (including phenoxy) is 3. The summed E-state index contributed by atoms with van der Waals surface area (Å²) in [4.78, 5) is 14.4. The van der Waals surface area contributed by atoms with Crippen LogP contribution in [0.1, 0.15) is 50.6 Å². The van der Waals surface area contributed by atoms with Gasteiger partial charge in [0.2, 0.25) is 0 Å². The molecule has 26 heavy (non-hydrogen) atoms. The van der Waals surface area contributed by atoms with Gasteiger partial charge in [-0.1, -0.05) is 12.8 Å². The van der Waals surface area contributed by atoms with Crippen molar-refractivity contribution in [3.05, 3.63) is 23.8 Å². The average molecular weight is 363 g/mol. The number of nitrogens with zero attached hydrogens (tertiary/aromatic N) is 1. The van der Waals surface area contributed by atoms with Gasteiger partial charge in [0.15, 0.2) is 0 Å². The maximum atomic E-state index is 12.7. The fourth-order valence-corrected chi connectivity index (χ4v) is 4.55. The van der Waals surface area contributed by atoms with E-state index < -0.39 is 5.60 Å². The van der Waals surface area contributed by atoms with Crippen molar-refractivity contribution in [1.82, 2.24) is 4.90 Å². The second-order valence-corrected chi connectivity index (χ2v) is 7.15. The minimum atomic E-state index is -0.750. The Morgan fingerprint density at radius 1 is 1.27 bits per heavy atom. The third-order valence-corrected chi connectivity index (χ3v) is 5.83. The van der Waals surface area contributed by atoms with Gasteiger partial charge < -0.3 is 24.2 Å². The number of piperidine rings is 1. The molecule has 3 atom stereocenters. The molecule has 0 aromatic heterocycles. The van der Waals surface area contributed by atoms with E-state index >= 15 is 0 Å². The third kappa shape index (κ3) is 3.34. The summed E-state index contributed by atoms with van der Waals surface area (Å²) in [5, 5.41) is 11.3. The van der Waals surface area contributed by atoms with Crippen LogP contribution in [0.5, 0.6) is 11.5 Å². The number of fused-ring (bicyclic) bond motifs is 1. The number of aliphatic hydroxyl groups is 1. The molecule has 1 amide bonds. The quantitative estimate of drug-likeness (QED) is 0.886. The Bertz CT molecular complexity index is 649. The summed E-state index contributed by atoms with van der Waals surface area (Å²) in [7, 11) is 3.24. The van der Waals surface area contributed by atoms with E-state index in [4.69, 9.17) is 14.2 Å². The van der Waals surface area contributed by atoms with Crippen LogP contribution in [0.25, 0.3) is 0 Å². The van der Waals surface area contributed by atoms with Crippen LogP contribution < -0.4 is 9.47 Å². The van der Waals surface area contributed by atoms with Gasteiger partial charge >= 0.3 is 6.09 Å². The van der Waals surface area contributed by atoms with Crippen molar-refractivity contribution >= 4 is 6.09 Å². The van der Waals surface area contributed by atoms with Gasteiger partial charge in [-0.05, 0) is 44.4 Å². The van der Waals surface area contributed by atoms with E-state index in [0.29, 0.717) is 31.1 Å². The molecular formula is C20H29NO5. The maximum Gasteiger partial charge on any atom is 0.410 e. The van der Waals surface area contributed by atoms with Gasteiger partial charge in [-0.2, -0.15) is 0 Å². The summed E-state index contributed by atoms with van der Waals surface area (Å²) in [5.74, 6) is 1.35. The molecule has 0 radical (unpaired) electrons.